The molecule has 0 bridgehead atoms. The average molecular weight is 386 g/mol. The second kappa shape index (κ2) is 8.13. The topological polar surface area (TPSA) is 52.1 Å². The Bertz CT molecular complexity index is 886. The van der Waals surface area contributed by atoms with E-state index >= 15 is 0 Å². The van der Waals surface area contributed by atoms with Gasteiger partial charge in [-0.05, 0) is 48.1 Å². The van der Waals surface area contributed by atoms with Gasteiger partial charge < -0.3 is 10.1 Å². The first kappa shape index (κ1) is 20.1. The van der Waals surface area contributed by atoms with E-state index in [1.54, 1.807) is 11.3 Å². The molecule has 0 aliphatic carbocycles. The normalized spacial score (nSPS) is 13.6. The third-order valence-corrected chi connectivity index (χ3v) is 6.31. The lowest BCUT2D eigenvalue weighted by atomic mass is 9.88. The maximum Gasteiger partial charge on any atom is 0.137 e. The van der Waals surface area contributed by atoms with Crippen molar-refractivity contribution in [2.75, 3.05) is 6.61 Å². The monoisotopic (exact) mass is 385 g/mol. The number of hydrogen-bond acceptors (Lipinski definition) is 4. The van der Waals surface area contributed by atoms with Crippen LogP contribution in [0.4, 0.5) is 0 Å². The number of thiophene rings is 1. The van der Waals surface area contributed by atoms with Crippen molar-refractivity contribution in [3.63, 3.8) is 0 Å². The number of aliphatic hydroxyl groups is 1. The first-order valence-corrected chi connectivity index (χ1v) is 10.6. The molecule has 5 heteroatoms. The third kappa shape index (κ3) is 4.26. The minimum absolute atomic E-state index is 0.00147. The number of aromatic amines is 1. The molecule has 0 aromatic carbocycles. The molecule has 3 aromatic rings. The van der Waals surface area contributed by atoms with Crippen LogP contribution in [0.5, 0.6) is 0 Å². The number of aryl methyl sites for hydroxylation is 1. The van der Waals surface area contributed by atoms with Crippen LogP contribution in [-0.4, -0.2) is 32.6 Å². The fraction of sp³-hybridized carbons (Fsp3) is 0.500. The van der Waals surface area contributed by atoms with Crippen molar-refractivity contribution in [3.8, 4) is 0 Å². The smallest absolute Gasteiger partial charge is 0.137 e. The van der Waals surface area contributed by atoms with Crippen molar-refractivity contribution < 1.29 is 5.11 Å². The van der Waals surface area contributed by atoms with Gasteiger partial charge in [-0.1, -0.05) is 27.7 Å². The molecule has 0 fully saturated rings. The van der Waals surface area contributed by atoms with Gasteiger partial charge in [0.25, 0.3) is 0 Å². The maximum absolute atomic E-state index is 10.0. The Balaban J connectivity index is 2.03. The number of aliphatic hydroxyl groups excluding tert-OH is 1. The fourth-order valence-electron chi connectivity index (χ4n) is 3.65. The summed E-state index contributed by atoms with van der Waals surface area (Å²) in [7, 11) is 0. The quantitative estimate of drug-likeness (QED) is 0.601. The number of hydrogen-bond donors (Lipinski definition) is 2. The Labute approximate surface area is 166 Å². The highest BCUT2D eigenvalue weighted by Gasteiger charge is 2.26. The van der Waals surface area contributed by atoms with Gasteiger partial charge in [-0.25, -0.2) is 4.98 Å². The van der Waals surface area contributed by atoms with Crippen LogP contribution in [-0.2, 0) is 18.5 Å². The summed E-state index contributed by atoms with van der Waals surface area (Å²) in [6, 6.07) is 6.47. The summed E-state index contributed by atoms with van der Waals surface area (Å²) in [5.41, 5.74) is 4.81. The van der Waals surface area contributed by atoms with E-state index in [0.29, 0.717) is 0 Å². The first-order chi connectivity index (χ1) is 12.8. The van der Waals surface area contributed by atoms with Gasteiger partial charge in [0, 0.05) is 46.7 Å². The lowest BCUT2D eigenvalue weighted by Crippen LogP contribution is -2.37. The van der Waals surface area contributed by atoms with Crippen LogP contribution in [0.3, 0.4) is 0 Å². The summed E-state index contributed by atoms with van der Waals surface area (Å²) in [5.74, 6) is 0. The fourth-order valence-corrected chi connectivity index (χ4v) is 4.58. The molecule has 0 saturated carbocycles. The van der Waals surface area contributed by atoms with Crippen LogP contribution < -0.4 is 0 Å². The predicted octanol–water partition coefficient (Wildman–Crippen LogP) is 5.00. The van der Waals surface area contributed by atoms with Gasteiger partial charge in [-0.3, -0.25) is 4.90 Å². The Morgan fingerprint density at radius 1 is 1.26 bits per heavy atom. The largest absolute Gasteiger partial charge is 0.395 e. The zero-order valence-electron chi connectivity index (χ0n) is 17.0. The van der Waals surface area contributed by atoms with Crippen LogP contribution >= 0.6 is 11.3 Å². The number of rotatable bonds is 7. The van der Waals surface area contributed by atoms with E-state index in [4.69, 9.17) is 0 Å². The van der Waals surface area contributed by atoms with Crippen molar-refractivity contribution in [2.45, 2.75) is 65.6 Å². The zero-order valence-corrected chi connectivity index (χ0v) is 17.9. The molecular weight excluding hydrogens is 354 g/mol. The van der Waals surface area contributed by atoms with Crippen molar-refractivity contribution >= 4 is 22.4 Å². The molecule has 0 saturated heterocycles. The molecule has 0 amide bonds. The van der Waals surface area contributed by atoms with Gasteiger partial charge in [0.15, 0.2) is 0 Å². The molecule has 0 spiro atoms. The molecule has 0 aliphatic heterocycles. The molecule has 1 atom stereocenters. The third-order valence-electron chi connectivity index (χ3n) is 5.30. The van der Waals surface area contributed by atoms with E-state index in [0.717, 1.165) is 25.2 Å². The SMILES string of the molecule is CC[C@@H](CO)N(Cc1sccc1C)Cc1c(C(C)(C)C)[nH]c2ncccc12. The summed E-state index contributed by atoms with van der Waals surface area (Å²) in [6.07, 6.45) is 2.76. The van der Waals surface area contributed by atoms with Crippen LogP contribution in [0.1, 0.15) is 55.8 Å². The molecule has 27 heavy (non-hydrogen) atoms. The maximum atomic E-state index is 10.0. The molecule has 4 nitrogen and oxygen atoms in total. The minimum atomic E-state index is 0.00147. The molecule has 0 radical (unpaired) electrons. The summed E-state index contributed by atoms with van der Waals surface area (Å²) in [5, 5.41) is 13.3. The molecule has 0 aliphatic rings. The molecule has 0 unspecified atom stereocenters. The van der Waals surface area contributed by atoms with E-state index in [9.17, 15) is 5.11 Å². The number of aromatic nitrogens is 2. The van der Waals surface area contributed by atoms with Crippen molar-refractivity contribution in [3.05, 3.63) is 51.5 Å². The highest BCUT2D eigenvalue weighted by atomic mass is 32.1. The Morgan fingerprint density at radius 3 is 2.63 bits per heavy atom. The van der Waals surface area contributed by atoms with Crippen LogP contribution in [0, 0.1) is 6.92 Å². The summed E-state index contributed by atoms with van der Waals surface area (Å²) < 4.78 is 0. The van der Waals surface area contributed by atoms with Gasteiger partial charge in [-0.15, -0.1) is 11.3 Å². The molecule has 146 valence electrons. The molecule has 3 aromatic heterocycles. The van der Waals surface area contributed by atoms with Gasteiger partial charge >= 0.3 is 0 Å². The van der Waals surface area contributed by atoms with Crippen molar-refractivity contribution in [1.82, 2.24) is 14.9 Å². The van der Waals surface area contributed by atoms with Crippen molar-refractivity contribution in [1.29, 1.82) is 0 Å². The highest BCUT2D eigenvalue weighted by Crippen LogP contribution is 2.33. The zero-order chi connectivity index (χ0) is 19.6. The number of nitrogens with one attached hydrogen (secondary N) is 1. The number of fused-ring (bicyclic) bond motifs is 1. The lowest BCUT2D eigenvalue weighted by Gasteiger charge is -2.31. The summed E-state index contributed by atoms with van der Waals surface area (Å²) in [6.45, 7) is 12.9. The number of nitrogens with zero attached hydrogens (tertiary/aromatic N) is 2. The van der Waals surface area contributed by atoms with Gasteiger partial charge in [-0.2, -0.15) is 0 Å². The first-order valence-electron chi connectivity index (χ1n) is 9.69. The molecule has 3 heterocycles. The molecule has 2 N–H and O–H groups in total. The van der Waals surface area contributed by atoms with E-state index in [1.165, 1.54) is 27.1 Å². The van der Waals surface area contributed by atoms with Crippen LogP contribution in [0.2, 0.25) is 0 Å². The lowest BCUT2D eigenvalue weighted by molar-refractivity contribution is 0.107. The highest BCUT2D eigenvalue weighted by molar-refractivity contribution is 7.10. The second-order valence-electron chi connectivity index (χ2n) is 8.30. The molecule has 3 rings (SSSR count). The number of H-pyrrole nitrogens is 1. The van der Waals surface area contributed by atoms with Gasteiger partial charge in [0.05, 0.1) is 6.61 Å². The summed E-state index contributed by atoms with van der Waals surface area (Å²) in [4.78, 5) is 11.9. The van der Waals surface area contributed by atoms with Crippen molar-refractivity contribution in [2.24, 2.45) is 0 Å². The van der Waals surface area contributed by atoms with E-state index in [1.807, 2.05) is 12.3 Å². The van der Waals surface area contributed by atoms with E-state index in [-0.39, 0.29) is 18.1 Å². The minimum Gasteiger partial charge on any atom is -0.395 e. The second-order valence-corrected chi connectivity index (χ2v) is 9.31. The average Bonchev–Trinajstić information content (AvgIpc) is 3.20. The standard InChI is InChI=1S/C22H31N3OS/c1-6-16(14-26)25(13-19-15(2)9-11-27-19)12-18-17-8-7-10-23-21(17)24-20(18)22(3,4)5/h7-11,16,26H,6,12-14H2,1-5H3,(H,23,24)/t16-/m0/s1. The van der Waals surface area contributed by atoms with Crippen LogP contribution in [0.15, 0.2) is 29.8 Å². The Hall–Kier alpha value is -1.69. The Kier molecular flexibility index (Phi) is 6.04. The Morgan fingerprint density at radius 2 is 2.04 bits per heavy atom. The molecular formula is C22H31N3OS. The van der Waals surface area contributed by atoms with E-state index in [2.05, 4.69) is 67.0 Å². The van der Waals surface area contributed by atoms with Gasteiger partial charge in [0.1, 0.15) is 5.65 Å². The predicted molar refractivity (Wildman–Crippen MR) is 114 cm³/mol. The van der Waals surface area contributed by atoms with Gasteiger partial charge in [0.2, 0.25) is 0 Å². The van der Waals surface area contributed by atoms with Crippen LogP contribution in [0.25, 0.3) is 11.0 Å². The summed E-state index contributed by atoms with van der Waals surface area (Å²) >= 11 is 1.80. The van der Waals surface area contributed by atoms with E-state index < -0.39 is 0 Å². The number of pyridine rings is 1.